The summed E-state index contributed by atoms with van der Waals surface area (Å²) in [6.45, 7) is 0. The van der Waals surface area contributed by atoms with E-state index in [-0.39, 0.29) is 6.03 Å². The van der Waals surface area contributed by atoms with Gasteiger partial charge in [-0.3, -0.25) is 4.90 Å². The first-order chi connectivity index (χ1) is 8.17. The molecule has 0 fully saturated rings. The van der Waals surface area contributed by atoms with Gasteiger partial charge in [-0.2, -0.15) is 0 Å². The summed E-state index contributed by atoms with van der Waals surface area (Å²) in [5, 5.41) is 3.20. The van der Waals surface area contributed by atoms with Crippen molar-refractivity contribution in [1.29, 1.82) is 0 Å². The van der Waals surface area contributed by atoms with E-state index < -0.39 is 0 Å². The molecule has 0 unspecified atom stereocenters. The zero-order valence-corrected chi connectivity index (χ0v) is 10.7. The third-order valence-electron chi connectivity index (χ3n) is 2.40. The van der Waals surface area contributed by atoms with Crippen LogP contribution in [0.4, 0.5) is 9.93 Å². The van der Waals surface area contributed by atoms with Crippen LogP contribution >= 0.6 is 11.3 Å². The third-order valence-corrected chi connectivity index (χ3v) is 3.49. The summed E-state index contributed by atoms with van der Waals surface area (Å²) in [5.41, 5.74) is 0.783. The monoisotopic (exact) mass is 251 g/mol. The van der Waals surface area contributed by atoms with Crippen LogP contribution in [0.3, 0.4) is 0 Å². The van der Waals surface area contributed by atoms with Crippen LogP contribution in [0.2, 0.25) is 0 Å². The van der Waals surface area contributed by atoms with Crippen LogP contribution in [0.15, 0.2) is 18.2 Å². The number of urea groups is 1. The molecule has 6 heteroatoms. The first-order valence-corrected chi connectivity index (χ1v) is 5.88. The second-order valence-electron chi connectivity index (χ2n) is 3.42. The standard InChI is InChI=1S/C11H13N3O2S/c1-12-10(15)14(2)11-13-9-7(16-3)5-4-6-8(9)17-11/h4-6H,1-3H3,(H,12,15). The Kier molecular flexibility index (Phi) is 3.14. The number of amides is 2. The van der Waals surface area contributed by atoms with E-state index in [2.05, 4.69) is 10.3 Å². The van der Waals surface area contributed by atoms with Crippen molar-refractivity contribution in [3.8, 4) is 5.75 Å². The summed E-state index contributed by atoms with van der Waals surface area (Å²) < 4.78 is 6.23. The van der Waals surface area contributed by atoms with Crippen LogP contribution in [0.5, 0.6) is 5.75 Å². The summed E-state index contributed by atoms with van der Waals surface area (Å²) >= 11 is 1.45. The van der Waals surface area contributed by atoms with Crippen LogP contribution < -0.4 is 15.0 Å². The number of nitrogens with one attached hydrogen (secondary N) is 1. The number of carbonyl (C=O) groups is 1. The minimum Gasteiger partial charge on any atom is -0.494 e. The van der Waals surface area contributed by atoms with Gasteiger partial charge in [-0.05, 0) is 12.1 Å². The minimum atomic E-state index is -0.192. The zero-order chi connectivity index (χ0) is 12.4. The van der Waals surface area contributed by atoms with Crippen LogP contribution in [0.1, 0.15) is 0 Å². The van der Waals surface area contributed by atoms with Crippen LogP contribution in [0, 0.1) is 0 Å². The van der Waals surface area contributed by atoms with Crippen molar-refractivity contribution in [3.63, 3.8) is 0 Å². The van der Waals surface area contributed by atoms with E-state index in [4.69, 9.17) is 4.74 Å². The van der Waals surface area contributed by atoms with Gasteiger partial charge in [0.15, 0.2) is 5.13 Å². The van der Waals surface area contributed by atoms with E-state index in [0.29, 0.717) is 5.13 Å². The Labute approximate surface area is 103 Å². The number of aromatic nitrogens is 1. The molecule has 0 aliphatic rings. The molecule has 2 rings (SSSR count). The molecular formula is C11H13N3O2S. The highest BCUT2D eigenvalue weighted by atomic mass is 32.1. The Morgan fingerprint density at radius 3 is 2.94 bits per heavy atom. The van der Waals surface area contributed by atoms with Gasteiger partial charge in [-0.15, -0.1) is 0 Å². The molecule has 0 aliphatic carbocycles. The third kappa shape index (κ3) is 2.03. The second kappa shape index (κ2) is 4.58. The predicted molar refractivity (Wildman–Crippen MR) is 69.0 cm³/mol. The number of ether oxygens (including phenoxy) is 1. The fraction of sp³-hybridized carbons (Fsp3) is 0.273. The topological polar surface area (TPSA) is 54.5 Å². The number of benzene rings is 1. The second-order valence-corrected chi connectivity index (χ2v) is 4.43. The molecular weight excluding hydrogens is 238 g/mol. The van der Waals surface area contributed by atoms with E-state index in [1.807, 2.05) is 18.2 Å². The smallest absolute Gasteiger partial charge is 0.323 e. The SMILES string of the molecule is CNC(=O)N(C)c1nc2c(OC)cccc2s1. The van der Waals surface area contributed by atoms with Gasteiger partial charge in [-0.1, -0.05) is 17.4 Å². The molecule has 90 valence electrons. The van der Waals surface area contributed by atoms with Gasteiger partial charge in [0.25, 0.3) is 0 Å². The molecule has 1 N–H and O–H groups in total. The van der Waals surface area contributed by atoms with Crippen molar-refractivity contribution in [1.82, 2.24) is 10.3 Å². The highest BCUT2D eigenvalue weighted by molar-refractivity contribution is 7.22. The van der Waals surface area contributed by atoms with Crippen molar-refractivity contribution in [2.45, 2.75) is 0 Å². The summed E-state index contributed by atoms with van der Waals surface area (Å²) in [6, 6.07) is 5.52. The van der Waals surface area contributed by atoms with Crippen molar-refractivity contribution in [2.24, 2.45) is 0 Å². The summed E-state index contributed by atoms with van der Waals surface area (Å²) in [7, 11) is 4.88. The van der Waals surface area contributed by atoms with Crippen LogP contribution in [0.25, 0.3) is 10.2 Å². The zero-order valence-electron chi connectivity index (χ0n) is 9.85. The quantitative estimate of drug-likeness (QED) is 0.889. The van der Waals surface area contributed by atoms with E-state index in [0.717, 1.165) is 16.0 Å². The van der Waals surface area contributed by atoms with Crippen LogP contribution in [-0.2, 0) is 0 Å². The summed E-state index contributed by atoms with van der Waals surface area (Å²) in [5.74, 6) is 0.718. The molecule has 0 aliphatic heterocycles. The lowest BCUT2D eigenvalue weighted by atomic mass is 10.3. The first kappa shape index (κ1) is 11.7. The first-order valence-electron chi connectivity index (χ1n) is 5.06. The molecule has 0 atom stereocenters. The predicted octanol–water partition coefficient (Wildman–Crippen LogP) is 2.08. The maximum atomic E-state index is 11.5. The molecule has 0 radical (unpaired) electrons. The molecule has 2 amide bonds. The van der Waals surface area contributed by atoms with Gasteiger partial charge >= 0.3 is 6.03 Å². The summed E-state index contributed by atoms with van der Waals surface area (Å²) in [4.78, 5) is 17.4. The van der Waals surface area contributed by atoms with E-state index in [9.17, 15) is 4.79 Å². The maximum absolute atomic E-state index is 11.5. The van der Waals surface area contributed by atoms with Crippen molar-refractivity contribution < 1.29 is 9.53 Å². The Hall–Kier alpha value is -1.82. The lowest BCUT2D eigenvalue weighted by Gasteiger charge is -2.11. The lowest BCUT2D eigenvalue weighted by Crippen LogP contribution is -2.34. The number of para-hydroxylation sites is 1. The average molecular weight is 251 g/mol. The molecule has 0 saturated carbocycles. The maximum Gasteiger partial charge on any atom is 0.323 e. The van der Waals surface area contributed by atoms with E-state index in [1.54, 1.807) is 21.2 Å². The fourth-order valence-corrected chi connectivity index (χ4v) is 2.42. The van der Waals surface area contributed by atoms with Gasteiger partial charge in [0.1, 0.15) is 11.3 Å². The molecule has 1 heterocycles. The number of thiazole rings is 1. The van der Waals surface area contributed by atoms with Crippen molar-refractivity contribution >= 4 is 32.7 Å². The number of rotatable bonds is 2. The van der Waals surface area contributed by atoms with Crippen molar-refractivity contribution in [2.75, 3.05) is 26.1 Å². The number of methoxy groups -OCH3 is 1. The molecule has 1 aromatic carbocycles. The number of hydrogen-bond acceptors (Lipinski definition) is 4. The van der Waals surface area contributed by atoms with Gasteiger partial charge in [-0.25, -0.2) is 9.78 Å². The molecule has 5 nitrogen and oxygen atoms in total. The highest BCUT2D eigenvalue weighted by Crippen LogP contribution is 2.33. The Bertz CT molecular complexity index is 553. The number of anilines is 1. The minimum absolute atomic E-state index is 0.192. The molecule has 0 saturated heterocycles. The molecule has 0 spiro atoms. The van der Waals surface area contributed by atoms with E-state index in [1.165, 1.54) is 16.2 Å². The molecule has 17 heavy (non-hydrogen) atoms. The Morgan fingerprint density at radius 2 is 2.29 bits per heavy atom. The average Bonchev–Trinajstić information content (AvgIpc) is 2.80. The molecule has 2 aromatic rings. The summed E-state index contributed by atoms with van der Waals surface area (Å²) in [6.07, 6.45) is 0. The largest absolute Gasteiger partial charge is 0.494 e. The fourth-order valence-electron chi connectivity index (χ4n) is 1.47. The normalized spacial score (nSPS) is 10.3. The van der Waals surface area contributed by atoms with Gasteiger partial charge in [0.05, 0.1) is 11.8 Å². The molecule has 0 bridgehead atoms. The number of hydrogen-bond donors (Lipinski definition) is 1. The van der Waals surface area contributed by atoms with E-state index >= 15 is 0 Å². The van der Waals surface area contributed by atoms with Gasteiger partial charge in [0.2, 0.25) is 0 Å². The Morgan fingerprint density at radius 1 is 1.53 bits per heavy atom. The number of fused-ring (bicyclic) bond motifs is 1. The number of nitrogens with zero attached hydrogens (tertiary/aromatic N) is 2. The lowest BCUT2D eigenvalue weighted by molar-refractivity contribution is 0.249. The Balaban J connectivity index is 2.47. The van der Waals surface area contributed by atoms with Crippen LogP contribution in [-0.4, -0.2) is 32.2 Å². The highest BCUT2D eigenvalue weighted by Gasteiger charge is 2.15. The molecule has 1 aromatic heterocycles. The van der Waals surface area contributed by atoms with Crippen molar-refractivity contribution in [3.05, 3.63) is 18.2 Å². The van der Waals surface area contributed by atoms with Gasteiger partial charge in [0, 0.05) is 14.1 Å². The van der Waals surface area contributed by atoms with Gasteiger partial charge < -0.3 is 10.1 Å². The number of carbonyl (C=O) groups excluding carboxylic acids is 1.